The predicted molar refractivity (Wildman–Crippen MR) is 67.2 cm³/mol. The van der Waals surface area contributed by atoms with Gasteiger partial charge in [0.2, 0.25) is 0 Å². The molecule has 2 N–H and O–H groups in total. The number of halogens is 1. The smallest absolute Gasteiger partial charge is 0.123 e. The second-order valence-corrected chi connectivity index (χ2v) is 4.27. The van der Waals surface area contributed by atoms with Crippen molar-refractivity contribution in [3.05, 3.63) is 29.6 Å². The first-order chi connectivity index (χ1) is 7.56. The molecular weight excluding hydrogens is 203 g/mol. The average Bonchev–Trinajstić information content (AvgIpc) is 2.25. The van der Waals surface area contributed by atoms with Crippen molar-refractivity contribution in [1.29, 1.82) is 0 Å². The molecule has 0 aliphatic rings. The molecule has 1 aromatic rings. The predicted octanol–water partition coefficient (Wildman–Crippen LogP) is 3.08. The van der Waals surface area contributed by atoms with Crippen LogP contribution in [-0.2, 0) is 0 Å². The monoisotopic (exact) mass is 224 g/mol. The molecule has 0 saturated carbocycles. The third-order valence-electron chi connectivity index (χ3n) is 2.74. The van der Waals surface area contributed by atoms with Gasteiger partial charge in [0.05, 0.1) is 0 Å². The number of benzene rings is 1. The van der Waals surface area contributed by atoms with E-state index in [1.807, 2.05) is 20.0 Å². The van der Waals surface area contributed by atoms with Crippen LogP contribution in [0.2, 0.25) is 0 Å². The lowest BCUT2D eigenvalue weighted by Crippen LogP contribution is -2.21. The summed E-state index contributed by atoms with van der Waals surface area (Å²) < 4.78 is 13.1. The van der Waals surface area contributed by atoms with Crippen LogP contribution in [0.5, 0.6) is 0 Å². The van der Waals surface area contributed by atoms with Crippen molar-refractivity contribution in [3.8, 4) is 0 Å². The molecule has 0 aromatic heterocycles. The highest BCUT2D eigenvalue weighted by molar-refractivity contribution is 5.54. The number of hydrogen-bond donors (Lipinski definition) is 1. The fraction of sp³-hybridized carbons (Fsp3) is 0.538. The van der Waals surface area contributed by atoms with E-state index in [4.69, 9.17) is 5.73 Å². The second-order valence-electron chi connectivity index (χ2n) is 4.27. The highest BCUT2D eigenvalue weighted by Gasteiger charge is 2.11. The van der Waals surface area contributed by atoms with E-state index in [9.17, 15) is 4.39 Å². The third-order valence-corrected chi connectivity index (χ3v) is 2.74. The Morgan fingerprint density at radius 1 is 1.44 bits per heavy atom. The van der Waals surface area contributed by atoms with Crippen LogP contribution in [-0.4, -0.2) is 13.6 Å². The Hall–Kier alpha value is -1.09. The van der Waals surface area contributed by atoms with Crippen molar-refractivity contribution >= 4 is 5.69 Å². The zero-order chi connectivity index (χ0) is 12.1. The van der Waals surface area contributed by atoms with Crippen molar-refractivity contribution in [2.75, 3.05) is 18.5 Å². The summed E-state index contributed by atoms with van der Waals surface area (Å²) >= 11 is 0. The van der Waals surface area contributed by atoms with Crippen LogP contribution in [0.25, 0.3) is 0 Å². The first-order valence-electron chi connectivity index (χ1n) is 5.82. The maximum atomic E-state index is 13.1. The van der Waals surface area contributed by atoms with Crippen molar-refractivity contribution in [2.24, 2.45) is 5.73 Å². The van der Waals surface area contributed by atoms with Crippen LogP contribution in [0.1, 0.15) is 38.3 Å². The van der Waals surface area contributed by atoms with Gasteiger partial charge in [-0.05, 0) is 37.1 Å². The topological polar surface area (TPSA) is 29.3 Å². The molecule has 1 atom stereocenters. The standard InChI is InChI=1S/C13H21FN2/c1-4-5-8-16(3)13-7-6-11(14)9-12(13)10(2)15/h6-7,9-10H,4-5,8,15H2,1-3H3/t10-/m1/s1. The maximum absolute atomic E-state index is 13.1. The van der Waals surface area contributed by atoms with Gasteiger partial charge in [0.15, 0.2) is 0 Å². The minimum atomic E-state index is -0.222. The van der Waals surface area contributed by atoms with Crippen LogP contribution < -0.4 is 10.6 Å². The van der Waals surface area contributed by atoms with Gasteiger partial charge in [-0.15, -0.1) is 0 Å². The largest absolute Gasteiger partial charge is 0.374 e. The Labute approximate surface area is 97.3 Å². The van der Waals surface area contributed by atoms with Crippen LogP contribution >= 0.6 is 0 Å². The molecule has 2 nitrogen and oxygen atoms in total. The van der Waals surface area contributed by atoms with E-state index in [0.717, 1.165) is 30.6 Å². The second kappa shape index (κ2) is 5.85. The van der Waals surface area contributed by atoms with E-state index >= 15 is 0 Å². The van der Waals surface area contributed by atoms with Crippen molar-refractivity contribution in [2.45, 2.75) is 32.7 Å². The molecule has 0 heterocycles. The summed E-state index contributed by atoms with van der Waals surface area (Å²) in [6, 6.07) is 4.69. The van der Waals surface area contributed by atoms with Gasteiger partial charge >= 0.3 is 0 Å². The Bertz CT molecular complexity index is 337. The summed E-state index contributed by atoms with van der Waals surface area (Å²) in [4.78, 5) is 2.14. The lowest BCUT2D eigenvalue weighted by atomic mass is 10.1. The molecule has 0 bridgehead atoms. The summed E-state index contributed by atoms with van der Waals surface area (Å²) in [5.74, 6) is -0.222. The first kappa shape index (κ1) is 13.0. The van der Waals surface area contributed by atoms with Crippen molar-refractivity contribution < 1.29 is 4.39 Å². The fourth-order valence-electron chi connectivity index (χ4n) is 1.75. The first-order valence-corrected chi connectivity index (χ1v) is 5.82. The van der Waals surface area contributed by atoms with Gasteiger partial charge in [-0.2, -0.15) is 0 Å². The number of unbranched alkanes of at least 4 members (excludes halogenated alkanes) is 1. The van der Waals surface area contributed by atoms with Crippen LogP contribution in [0.3, 0.4) is 0 Å². The van der Waals surface area contributed by atoms with Crippen LogP contribution in [0.15, 0.2) is 18.2 Å². The number of nitrogens with zero attached hydrogens (tertiary/aromatic N) is 1. The third kappa shape index (κ3) is 3.20. The minimum Gasteiger partial charge on any atom is -0.374 e. The zero-order valence-corrected chi connectivity index (χ0v) is 10.3. The minimum absolute atomic E-state index is 0.144. The van der Waals surface area contributed by atoms with Gasteiger partial charge < -0.3 is 10.6 Å². The van der Waals surface area contributed by atoms with Crippen molar-refractivity contribution in [3.63, 3.8) is 0 Å². The summed E-state index contributed by atoms with van der Waals surface area (Å²) in [5, 5.41) is 0. The SMILES string of the molecule is CCCCN(C)c1ccc(F)cc1[C@@H](C)N. The van der Waals surface area contributed by atoms with Gasteiger partial charge in [-0.25, -0.2) is 4.39 Å². The van der Waals surface area contributed by atoms with Gasteiger partial charge in [-0.1, -0.05) is 13.3 Å². The molecule has 0 fully saturated rings. The Morgan fingerprint density at radius 2 is 2.12 bits per heavy atom. The molecule has 0 saturated heterocycles. The van der Waals surface area contributed by atoms with Gasteiger partial charge in [0.25, 0.3) is 0 Å². The molecule has 1 rings (SSSR count). The van der Waals surface area contributed by atoms with Crippen LogP contribution in [0.4, 0.5) is 10.1 Å². The lowest BCUT2D eigenvalue weighted by Gasteiger charge is -2.23. The molecule has 1 aromatic carbocycles. The summed E-state index contributed by atoms with van der Waals surface area (Å²) in [7, 11) is 2.02. The highest BCUT2D eigenvalue weighted by Crippen LogP contribution is 2.25. The van der Waals surface area contributed by atoms with E-state index in [0.29, 0.717) is 0 Å². The van der Waals surface area contributed by atoms with Gasteiger partial charge in [0, 0.05) is 25.3 Å². The zero-order valence-electron chi connectivity index (χ0n) is 10.3. The number of anilines is 1. The van der Waals surface area contributed by atoms with E-state index in [1.165, 1.54) is 12.1 Å². The molecule has 90 valence electrons. The molecular formula is C13H21FN2. The van der Waals surface area contributed by atoms with Crippen molar-refractivity contribution in [1.82, 2.24) is 0 Å². The maximum Gasteiger partial charge on any atom is 0.123 e. The van der Waals surface area contributed by atoms with E-state index < -0.39 is 0 Å². The molecule has 0 unspecified atom stereocenters. The van der Waals surface area contributed by atoms with Crippen LogP contribution in [0, 0.1) is 5.82 Å². The van der Waals surface area contributed by atoms with Gasteiger partial charge in [0.1, 0.15) is 5.82 Å². The fourth-order valence-corrected chi connectivity index (χ4v) is 1.75. The highest BCUT2D eigenvalue weighted by atomic mass is 19.1. The molecule has 0 aliphatic heterocycles. The summed E-state index contributed by atoms with van der Waals surface area (Å²) in [6.45, 7) is 5.01. The molecule has 0 radical (unpaired) electrons. The number of hydrogen-bond acceptors (Lipinski definition) is 2. The molecule has 16 heavy (non-hydrogen) atoms. The number of rotatable bonds is 5. The summed E-state index contributed by atoms with van der Waals surface area (Å²) in [5.41, 5.74) is 7.76. The Kier molecular flexibility index (Phi) is 4.74. The van der Waals surface area contributed by atoms with E-state index in [2.05, 4.69) is 11.8 Å². The lowest BCUT2D eigenvalue weighted by molar-refractivity contribution is 0.621. The number of nitrogens with two attached hydrogens (primary N) is 1. The average molecular weight is 224 g/mol. The summed E-state index contributed by atoms with van der Waals surface area (Å²) in [6.07, 6.45) is 2.28. The normalized spacial score (nSPS) is 12.6. The van der Waals surface area contributed by atoms with Gasteiger partial charge in [-0.3, -0.25) is 0 Å². The Balaban J connectivity index is 2.93. The molecule has 0 amide bonds. The molecule has 0 spiro atoms. The Morgan fingerprint density at radius 3 is 2.69 bits per heavy atom. The molecule has 3 heteroatoms. The van der Waals surface area contributed by atoms with E-state index in [1.54, 1.807) is 0 Å². The van der Waals surface area contributed by atoms with E-state index in [-0.39, 0.29) is 11.9 Å². The quantitative estimate of drug-likeness (QED) is 0.832. The molecule has 0 aliphatic carbocycles.